The molecule has 0 saturated carbocycles. The van der Waals surface area contributed by atoms with E-state index in [2.05, 4.69) is 14.9 Å². The van der Waals surface area contributed by atoms with Gasteiger partial charge in [-0.05, 0) is 18.9 Å². The molecule has 1 amide bonds. The van der Waals surface area contributed by atoms with E-state index in [0.29, 0.717) is 13.0 Å². The highest BCUT2D eigenvalue weighted by atomic mass is 19.1. The standard InChI is InChI=1S/C14H19FN4O/c15-9-11-8-13(20)19(10-11)12-2-6-18(7-3-12)14-16-4-1-5-17-14/h1,4-5,11-12H,2-3,6-10H2. The third-order valence-electron chi connectivity index (χ3n) is 4.20. The molecular formula is C14H19FN4O. The van der Waals surface area contributed by atoms with Gasteiger partial charge in [-0.2, -0.15) is 0 Å². The number of aromatic nitrogens is 2. The summed E-state index contributed by atoms with van der Waals surface area (Å²) in [6, 6.07) is 2.05. The molecule has 1 aromatic heterocycles. The van der Waals surface area contributed by atoms with Crippen molar-refractivity contribution in [1.29, 1.82) is 0 Å². The maximum atomic E-state index is 12.7. The van der Waals surface area contributed by atoms with Gasteiger partial charge in [0.25, 0.3) is 0 Å². The maximum Gasteiger partial charge on any atom is 0.225 e. The molecule has 2 fully saturated rings. The van der Waals surface area contributed by atoms with Crippen molar-refractivity contribution in [3.05, 3.63) is 18.5 Å². The minimum atomic E-state index is -0.390. The molecule has 0 spiro atoms. The second-order valence-electron chi connectivity index (χ2n) is 5.54. The van der Waals surface area contributed by atoms with Crippen LogP contribution in [0.25, 0.3) is 0 Å². The summed E-state index contributed by atoms with van der Waals surface area (Å²) in [5, 5.41) is 0. The van der Waals surface area contributed by atoms with Gasteiger partial charge in [0.15, 0.2) is 0 Å². The smallest absolute Gasteiger partial charge is 0.225 e. The molecule has 20 heavy (non-hydrogen) atoms. The zero-order valence-corrected chi connectivity index (χ0v) is 11.4. The molecule has 0 aromatic carbocycles. The Kier molecular flexibility index (Phi) is 3.80. The van der Waals surface area contributed by atoms with Crippen molar-refractivity contribution < 1.29 is 9.18 Å². The fourth-order valence-corrected chi connectivity index (χ4v) is 3.10. The van der Waals surface area contributed by atoms with Crippen LogP contribution < -0.4 is 4.90 Å². The first kappa shape index (κ1) is 13.3. The number of halogens is 1. The van der Waals surface area contributed by atoms with Crippen molar-refractivity contribution in [1.82, 2.24) is 14.9 Å². The van der Waals surface area contributed by atoms with Gasteiger partial charge in [0.2, 0.25) is 11.9 Å². The van der Waals surface area contributed by atoms with Crippen molar-refractivity contribution >= 4 is 11.9 Å². The van der Waals surface area contributed by atoms with Gasteiger partial charge in [-0.25, -0.2) is 9.97 Å². The lowest BCUT2D eigenvalue weighted by Gasteiger charge is -2.36. The molecule has 6 heteroatoms. The number of piperidine rings is 1. The van der Waals surface area contributed by atoms with E-state index in [-0.39, 0.29) is 24.5 Å². The molecule has 0 bridgehead atoms. The summed E-state index contributed by atoms with van der Waals surface area (Å²) in [6.07, 6.45) is 5.67. The highest BCUT2D eigenvalue weighted by Crippen LogP contribution is 2.26. The number of likely N-dealkylation sites (tertiary alicyclic amines) is 1. The maximum absolute atomic E-state index is 12.7. The summed E-state index contributed by atoms with van der Waals surface area (Å²) in [5.74, 6) is 0.764. The van der Waals surface area contributed by atoms with E-state index in [1.54, 1.807) is 18.5 Å². The lowest BCUT2D eigenvalue weighted by molar-refractivity contribution is -0.130. The lowest BCUT2D eigenvalue weighted by Crippen LogP contribution is -2.46. The molecule has 2 aliphatic rings. The van der Waals surface area contributed by atoms with E-state index >= 15 is 0 Å². The second kappa shape index (κ2) is 5.73. The number of carbonyl (C=O) groups excluding carboxylic acids is 1. The predicted octanol–water partition coefficient (Wildman–Crippen LogP) is 1.26. The summed E-state index contributed by atoms with van der Waals surface area (Å²) in [7, 11) is 0. The van der Waals surface area contributed by atoms with Gasteiger partial charge in [0.1, 0.15) is 0 Å². The van der Waals surface area contributed by atoms with Crippen molar-refractivity contribution in [2.45, 2.75) is 25.3 Å². The fourth-order valence-electron chi connectivity index (χ4n) is 3.10. The van der Waals surface area contributed by atoms with Crippen LogP contribution in [0.15, 0.2) is 18.5 Å². The third-order valence-corrected chi connectivity index (χ3v) is 4.20. The Hall–Kier alpha value is -1.72. The number of hydrogen-bond donors (Lipinski definition) is 0. The number of nitrogens with zero attached hydrogens (tertiary/aromatic N) is 4. The van der Waals surface area contributed by atoms with Gasteiger partial charge < -0.3 is 9.80 Å². The highest BCUT2D eigenvalue weighted by Gasteiger charge is 2.35. The number of rotatable bonds is 3. The van der Waals surface area contributed by atoms with Crippen LogP contribution in [-0.2, 0) is 4.79 Å². The SMILES string of the molecule is O=C1CC(CF)CN1C1CCN(c2ncccn2)CC1. The number of amides is 1. The molecule has 3 heterocycles. The minimum Gasteiger partial charge on any atom is -0.341 e. The van der Waals surface area contributed by atoms with E-state index < -0.39 is 0 Å². The number of carbonyl (C=O) groups is 1. The minimum absolute atomic E-state index is 0.0991. The van der Waals surface area contributed by atoms with Gasteiger partial charge in [-0.1, -0.05) is 0 Å². The second-order valence-corrected chi connectivity index (χ2v) is 5.54. The van der Waals surface area contributed by atoms with E-state index in [4.69, 9.17) is 0 Å². The molecule has 2 saturated heterocycles. The van der Waals surface area contributed by atoms with Gasteiger partial charge in [0.05, 0.1) is 6.67 Å². The summed E-state index contributed by atoms with van der Waals surface area (Å²) < 4.78 is 12.7. The average Bonchev–Trinajstić information content (AvgIpc) is 2.89. The molecule has 1 aromatic rings. The molecule has 0 N–H and O–H groups in total. The van der Waals surface area contributed by atoms with Crippen LogP contribution in [0.4, 0.5) is 10.3 Å². The van der Waals surface area contributed by atoms with Crippen molar-refractivity contribution in [2.75, 3.05) is 31.2 Å². The average molecular weight is 278 g/mol. The van der Waals surface area contributed by atoms with Gasteiger partial charge in [-0.3, -0.25) is 9.18 Å². The van der Waals surface area contributed by atoms with Crippen LogP contribution in [0.1, 0.15) is 19.3 Å². The zero-order valence-electron chi connectivity index (χ0n) is 11.4. The van der Waals surface area contributed by atoms with E-state index in [9.17, 15) is 9.18 Å². The van der Waals surface area contributed by atoms with Crippen LogP contribution >= 0.6 is 0 Å². The first-order valence-electron chi connectivity index (χ1n) is 7.15. The number of anilines is 1. The molecule has 1 unspecified atom stereocenters. The fraction of sp³-hybridized carbons (Fsp3) is 0.643. The summed E-state index contributed by atoms with van der Waals surface area (Å²) in [4.78, 5) is 24.4. The first-order valence-corrected chi connectivity index (χ1v) is 7.15. The van der Waals surface area contributed by atoms with E-state index in [1.807, 2.05) is 4.90 Å². The molecule has 0 aliphatic carbocycles. The Bertz CT molecular complexity index is 462. The monoisotopic (exact) mass is 278 g/mol. The van der Waals surface area contributed by atoms with Crippen LogP contribution in [0.3, 0.4) is 0 Å². The largest absolute Gasteiger partial charge is 0.341 e. The topological polar surface area (TPSA) is 49.3 Å². The summed E-state index contributed by atoms with van der Waals surface area (Å²) in [5.41, 5.74) is 0. The van der Waals surface area contributed by atoms with Crippen molar-refractivity contribution in [3.8, 4) is 0 Å². The quantitative estimate of drug-likeness (QED) is 0.835. The first-order chi connectivity index (χ1) is 9.78. The van der Waals surface area contributed by atoms with E-state index in [1.165, 1.54) is 0 Å². The van der Waals surface area contributed by atoms with Crippen LogP contribution in [0, 0.1) is 5.92 Å². The van der Waals surface area contributed by atoms with E-state index in [0.717, 1.165) is 31.9 Å². The molecule has 1 atom stereocenters. The van der Waals surface area contributed by atoms with Crippen LogP contribution in [0.5, 0.6) is 0 Å². The molecule has 3 rings (SSSR count). The molecular weight excluding hydrogens is 259 g/mol. The highest BCUT2D eigenvalue weighted by molar-refractivity contribution is 5.79. The Balaban J connectivity index is 1.58. The normalized spacial score (nSPS) is 24.4. The van der Waals surface area contributed by atoms with Crippen molar-refractivity contribution in [2.24, 2.45) is 5.92 Å². The summed E-state index contributed by atoms with van der Waals surface area (Å²) >= 11 is 0. The van der Waals surface area contributed by atoms with Crippen molar-refractivity contribution in [3.63, 3.8) is 0 Å². The van der Waals surface area contributed by atoms with Crippen LogP contribution in [-0.4, -0.2) is 53.1 Å². The molecule has 0 radical (unpaired) electrons. The Morgan fingerprint density at radius 1 is 1.25 bits per heavy atom. The zero-order chi connectivity index (χ0) is 13.9. The molecule has 2 aliphatic heterocycles. The van der Waals surface area contributed by atoms with Crippen LogP contribution in [0.2, 0.25) is 0 Å². The van der Waals surface area contributed by atoms with Gasteiger partial charge in [0, 0.05) is 50.4 Å². The summed E-state index contributed by atoms with van der Waals surface area (Å²) in [6.45, 7) is 1.89. The van der Waals surface area contributed by atoms with Gasteiger partial charge in [-0.15, -0.1) is 0 Å². The number of hydrogen-bond acceptors (Lipinski definition) is 4. The third kappa shape index (κ3) is 2.59. The lowest BCUT2D eigenvalue weighted by atomic mass is 10.0. The number of alkyl halides is 1. The molecule has 5 nitrogen and oxygen atoms in total. The molecule has 108 valence electrons. The Morgan fingerprint density at radius 3 is 2.55 bits per heavy atom. The predicted molar refractivity (Wildman–Crippen MR) is 73.1 cm³/mol. The van der Waals surface area contributed by atoms with Gasteiger partial charge >= 0.3 is 0 Å². The Labute approximate surface area is 117 Å². The Morgan fingerprint density at radius 2 is 1.95 bits per heavy atom.